The summed E-state index contributed by atoms with van der Waals surface area (Å²) in [6.07, 6.45) is 0.657. The molecule has 132 valence electrons. The number of hydrogen-bond acceptors (Lipinski definition) is 7. The zero-order chi connectivity index (χ0) is 17.5. The summed E-state index contributed by atoms with van der Waals surface area (Å²) < 4.78 is 15.4. The van der Waals surface area contributed by atoms with Crippen molar-refractivity contribution in [3.8, 4) is 0 Å². The third-order valence-corrected chi connectivity index (χ3v) is 4.59. The summed E-state index contributed by atoms with van der Waals surface area (Å²) in [7, 11) is 0. The van der Waals surface area contributed by atoms with Gasteiger partial charge < -0.3 is 24.8 Å². The summed E-state index contributed by atoms with van der Waals surface area (Å²) in [5, 5.41) is 6.59. The number of hydrogen-bond donors (Lipinski definition) is 2. The van der Waals surface area contributed by atoms with E-state index in [1.165, 1.54) is 11.3 Å². The molecule has 0 spiro atoms. The Morgan fingerprint density at radius 3 is 2.75 bits per heavy atom. The van der Waals surface area contributed by atoms with E-state index in [4.69, 9.17) is 26.4 Å². The first-order chi connectivity index (χ1) is 11.6. The van der Waals surface area contributed by atoms with Crippen molar-refractivity contribution >= 4 is 45.6 Å². The highest BCUT2D eigenvalue weighted by Crippen LogP contribution is 2.36. The number of ether oxygens (including phenoxy) is 3. The third-order valence-electron chi connectivity index (χ3n) is 3.23. The van der Waals surface area contributed by atoms with Crippen molar-refractivity contribution in [1.82, 2.24) is 5.32 Å². The second-order valence-corrected chi connectivity index (χ2v) is 6.36. The van der Waals surface area contributed by atoms with Crippen molar-refractivity contribution in [3.05, 3.63) is 16.0 Å². The number of nitrogens with one attached hydrogen (secondary N) is 2. The first kappa shape index (κ1) is 18.6. The molecule has 1 aliphatic rings. The Morgan fingerprint density at radius 2 is 2.04 bits per heavy atom. The van der Waals surface area contributed by atoms with Crippen molar-refractivity contribution in [3.63, 3.8) is 0 Å². The quantitative estimate of drug-likeness (QED) is 0.578. The zero-order valence-electron chi connectivity index (χ0n) is 13.6. The van der Waals surface area contributed by atoms with Gasteiger partial charge in [0.25, 0.3) is 0 Å². The molecule has 1 aromatic rings. The van der Waals surface area contributed by atoms with Gasteiger partial charge in [-0.1, -0.05) is 0 Å². The van der Waals surface area contributed by atoms with Gasteiger partial charge in [-0.25, -0.2) is 4.79 Å². The molecule has 0 saturated heterocycles. The van der Waals surface area contributed by atoms with Crippen molar-refractivity contribution in [2.75, 3.05) is 31.7 Å². The Morgan fingerprint density at radius 1 is 1.29 bits per heavy atom. The monoisotopic (exact) mass is 372 g/mol. The predicted octanol–water partition coefficient (Wildman–Crippen LogP) is 1.85. The molecule has 2 heterocycles. The van der Waals surface area contributed by atoms with Crippen LogP contribution in [0.1, 0.15) is 34.6 Å². The zero-order valence-corrected chi connectivity index (χ0v) is 15.2. The molecule has 9 heteroatoms. The minimum atomic E-state index is -0.397. The van der Waals surface area contributed by atoms with Gasteiger partial charge in [0, 0.05) is 4.88 Å². The van der Waals surface area contributed by atoms with E-state index in [0.29, 0.717) is 43.4 Å². The van der Waals surface area contributed by atoms with Gasteiger partial charge >= 0.3 is 11.9 Å². The fourth-order valence-corrected chi connectivity index (χ4v) is 3.67. The smallest absolute Gasteiger partial charge is 0.341 e. The van der Waals surface area contributed by atoms with Gasteiger partial charge in [-0.15, -0.1) is 11.3 Å². The predicted molar refractivity (Wildman–Crippen MR) is 94.5 cm³/mol. The molecule has 1 aliphatic heterocycles. The summed E-state index contributed by atoms with van der Waals surface area (Å²) in [5.41, 5.74) is 1.45. The highest BCUT2D eigenvalue weighted by Gasteiger charge is 2.27. The van der Waals surface area contributed by atoms with E-state index < -0.39 is 5.97 Å². The van der Waals surface area contributed by atoms with Crippen LogP contribution in [0, 0.1) is 0 Å². The largest absolute Gasteiger partial charge is 0.465 e. The molecule has 2 N–H and O–H groups in total. The number of thiocarbonyl (C=S) groups is 1. The van der Waals surface area contributed by atoms with Gasteiger partial charge in [0.05, 0.1) is 32.0 Å². The molecule has 2 rings (SSSR count). The Hall–Kier alpha value is -1.71. The van der Waals surface area contributed by atoms with E-state index in [-0.39, 0.29) is 17.6 Å². The molecule has 0 radical (unpaired) electrons. The van der Waals surface area contributed by atoms with Crippen LogP contribution >= 0.6 is 23.6 Å². The summed E-state index contributed by atoms with van der Waals surface area (Å²) in [6.45, 7) is 5.11. The number of thiophene rings is 1. The normalized spacial score (nSPS) is 12.9. The van der Waals surface area contributed by atoms with Crippen LogP contribution in [0.15, 0.2) is 0 Å². The van der Waals surface area contributed by atoms with Crippen LogP contribution in [-0.2, 0) is 32.0 Å². The SMILES string of the molecule is CCOC(=O)CNC(=S)Nc1sc2c(c1C(=O)OCC)CCOC2. The van der Waals surface area contributed by atoms with E-state index in [9.17, 15) is 9.59 Å². The first-order valence-corrected chi connectivity index (χ1v) is 8.89. The Kier molecular flexibility index (Phi) is 6.95. The fraction of sp³-hybridized carbons (Fsp3) is 0.533. The summed E-state index contributed by atoms with van der Waals surface area (Å²) in [4.78, 5) is 24.6. The molecule has 0 unspecified atom stereocenters. The van der Waals surface area contributed by atoms with Crippen LogP contribution in [-0.4, -0.2) is 43.4 Å². The molecule has 0 aliphatic carbocycles. The Labute approximate surface area is 149 Å². The van der Waals surface area contributed by atoms with Crippen LogP contribution < -0.4 is 10.6 Å². The Bertz CT molecular complexity index is 630. The molecular weight excluding hydrogens is 352 g/mol. The number of esters is 2. The minimum absolute atomic E-state index is 0.0391. The topological polar surface area (TPSA) is 85.9 Å². The Balaban J connectivity index is 2.11. The van der Waals surface area contributed by atoms with E-state index in [2.05, 4.69) is 10.6 Å². The van der Waals surface area contributed by atoms with Gasteiger partial charge in [-0.05, 0) is 38.0 Å². The molecule has 0 aromatic carbocycles. The van der Waals surface area contributed by atoms with Gasteiger partial charge in [0.2, 0.25) is 0 Å². The number of carbonyl (C=O) groups excluding carboxylic acids is 2. The lowest BCUT2D eigenvalue weighted by molar-refractivity contribution is -0.141. The molecular formula is C15H20N2O5S2. The highest BCUT2D eigenvalue weighted by molar-refractivity contribution is 7.80. The average molecular weight is 372 g/mol. The van der Waals surface area contributed by atoms with Gasteiger partial charge in [-0.2, -0.15) is 0 Å². The van der Waals surface area contributed by atoms with Crippen LogP contribution in [0.5, 0.6) is 0 Å². The van der Waals surface area contributed by atoms with Crippen molar-refractivity contribution in [1.29, 1.82) is 0 Å². The lowest BCUT2D eigenvalue weighted by Crippen LogP contribution is -2.34. The molecule has 24 heavy (non-hydrogen) atoms. The molecule has 0 bridgehead atoms. The van der Waals surface area contributed by atoms with Crippen LogP contribution in [0.4, 0.5) is 5.00 Å². The second kappa shape index (κ2) is 8.95. The number of fused-ring (bicyclic) bond motifs is 1. The van der Waals surface area contributed by atoms with Crippen molar-refractivity contribution in [2.45, 2.75) is 26.9 Å². The number of rotatable bonds is 6. The summed E-state index contributed by atoms with van der Waals surface area (Å²) in [5.74, 6) is -0.779. The van der Waals surface area contributed by atoms with E-state index in [1.54, 1.807) is 13.8 Å². The average Bonchev–Trinajstić information content (AvgIpc) is 2.91. The molecule has 0 amide bonds. The standard InChI is InChI=1S/C15H20N2O5S2/c1-3-21-11(18)7-16-15(23)17-13-12(14(19)22-4-2)9-5-6-20-8-10(9)24-13/h3-8H2,1-2H3,(H2,16,17,23). The summed E-state index contributed by atoms with van der Waals surface area (Å²) >= 11 is 6.59. The van der Waals surface area contributed by atoms with Crippen LogP contribution in [0.3, 0.4) is 0 Å². The number of anilines is 1. The highest BCUT2D eigenvalue weighted by atomic mass is 32.1. The third kappa shape index (κ3) is 4.65. The van der Waals surface area contributed by atoms with Crippen molar-refractivity contribution in [2.24, 2.45) is 0 Å². The molecule has 0 saturated carbocycles. The molecule has 0 fully saturated rings. The van der Waals surface area contributed by atoms with E-state index in [1.807, 2.05) is 0 Å². The van der Waals surface area contributed by atoms with E-state index in [0.717, 1.165) is 10.4 Å². The first-order valence-electron chi connectivity index (χ1n) is 7.66. The van der Waals surface area contributed by atoms with Crippen LogP contribution in [0.2, 0.25) is 0 Å². The maximum atomic E-state index is 12.3. The second-order valence-electron chi connectivity index (χ2n) is 4.84. The number of carbonyl (C=O) groups is 2. The maximum Gasteiger partial charge on any atom is 0.341 e. The maximum absolute atomic E-state index is 12.3. The van der Waals surface area contributed by atoms with E-state index >= 15 is 0 Å². The van der Waals surface area contributed by atoms with Crippen molar-refractivity contribution < 1.29 is 23.8 Å². The van der Waals surface area contributed by atoms with Gasteiger partial charge in [0.1, 0.15) is 11.5 Å². The summed E-state index contributed by atoms with van der Waals surface area (Å²) in [6, 6.07) is 0. The van der Waals surface area contributed by atoms with Crippen LogP contribution in [0.25, 0.3) is 0 Å². The fourth-order valence-electron chi connectivity index (χ4n) is 2.25. The lowest BCUT2D eigenvalue weighted by Gasteiger charge is -2.13. The lowest BCUT2D eigenvalue weighted by atomic mass is 10.1. The molecule has 1 aromatic heterocycles. The molecule has 7 nitrogen and oxygen atoms in total. The van der Waals surface area contributed by atoms with Gasteiger partial charge in [0.15, 0.2) is 5.11 Å². The molecule has 0 atom stereocenters. The minimum Gasteiger partial charge on any atom is -0.465 e. The van der Waals surface area contributed by atoms with Gasteiger partial charge in [-0.3, -0.25) is 4.79 Å².